The van der Waals surface area contributed by atoms with E-state index in [9.17, 15) is 4.79 Å². The number of nitrogens with zero attached hydrogens (tertiary/aromatic N) is 1. The fraction of sp³-hybridized carbons (Fsp3) is 0.562. The average molecular weight is 289 g/mol. The van der Waals surface area contributed by atoms with Crippen molar-refractivity contribution >= 4 is 17.3 Å². The maximum atomic E-state index is 12.2. The van der Waals surface area contributed by atoms with Crippen molar-refractivity contribution in [2.75, 3.05) is 43.1 Å². The molecule has 0 radical (unpaired) electrons. The molecule has 2 aliphatic rings. The van der Waals surface area contributed by atoms with E-state index in [1.165, 1.54) is 18.5 Å². The van der Waals surface area contributed by atoms with E-state index in [0.29, 0.717) is 13.2 Å². The Hall–Kier alpha value is -1.59. The number of hydrogen-bond donors (Lipinski definition) is 2. The molecular formula is C16H23N3O2. The minimum atomic E-state index is -0.253. The molecule has 0 aliphatic carbocycles. The normalized spacial score (nSPS) is 22.3. The Balaban J connectivity index is 1.66. The molecule has 2 heterocycles. The molecule has 0 saturated carbocycles. The second kappa shape index (κ2) is 6.45. The van der Waals surface area contributed by atoms with Gasteiger partial charge in [-0.25, -0.2) is 0 Å². The molecule has 3 rings (SSSR count). The Labute approximate surface area is 125 Å². The van der Waals surface area contributed by atoms with Crippen LogP contribution in [0, 0.1) is 6.92 Å². The minimum absolute atomic E-state index is 0.0216. The zero-order valence-corrected chi connectivity index (χ0v) is 12.5. The highest BCUT2D eigenvalue weighted by atomic mass is 16.5. The SMILES string of the molecule is Cc1cc(N2CCCC2)ccc1NC(=O)C1COCCN1. The molecule has 1 atom stereocenters. The Bertz CT molecular complexity index is 506. The van der Waals surface area contributed by atoms with Gasteiger partial charge in [-0.1, -0.05) is 0 Å². The van der Waals surface area contributed by atoms with Gasteiger partial charge in [-0.05, 0) is 43.5 Å². The number of aryl methyl sites for hydroxylation is 1. The first kappa shape index (κ1) is 14.4. The van der Waals surface area contributed by atoms with Gasteiger partial charge in [0.2, 0.25) is 5.91 Å². The summed E-state index contributed by atoms with van der Waals surface area (Å²) in [4.78, 5) is 14.6. The van der Waals surface area contributed by atoms with E-state index < -0.39 is 0 Å². The summed E-state index contributed by atoms with van der Waals surface area (Å²) in [7, 11) is 0. The second-order valence-corrected chi connectivity index (χ2v) is 5.76. The van der Waals surface area contributed by atoms with Crippen LogP contribution in [0.2, 0.25) is 0 Å². The zero-order valence-electron chi connectivity index (χ0n) is 12.5. The van der Waals surface area contributed by atoms with Crippen LogP contribution in [0.3, 0.4) is 0 Å². The first-order chi connectivity index (χ1) is 10.2. The van der Waals surface area contributed by atoms with E-state index in [0.717, 1.165) is 30.9 Å². The number of nitrogens with one attached hydrogen (secondary N) is 2. The number of anilines is 2. The monoisotopic (exact) mass is 289 g/mol. The zero-order chi connectivity index (χ0) is 14.7. The van der Waals surface area contributed by atoms with Gasteiger partial charge in [-0.3, -0.25) is 4.79 Å². The van der Waals surface area contributed by atoms with Crippen molar-refractivity contribution in [2.45, 2.75) is 25.8 Å². The van der Waals surface area contributed by atoms with Gasteiger partial charge in [0.15, 0.2) is 0 Å². The molecular weight excluding hydrogens is 266 g/mol. The quantitative estimate of drug-likeness (QED) is 0.886. The summed E-state index contributed by atoms with van der Waals surface area (Å²) in [6, 6.07) is 6.01. The third kappa shape index (κ3) is 3.36. The van der Waals surface area contributed by atoms with Gasteiger partial charge in [0.05, 0.1) is 13.2 Å². The standard InChI is InChI=1S/C16H23N3O2/c1-12-10-13(19-7-2-3-8-19)4-5-14(12)18-16(20)15-11-21-9-6-17-15/h4-5,10,15,17H,2-3,6-9,11H2,1H3,(H,18,20). The summed E-state index contributed by atoms with van der Waals surface area (Å²) < 4.78 is 5.33. The Kier molecular flexibility index (Phi) is 4.41. The molecule has 1 unspecified atom stereocenters. The second-order valence-electron chi connectivity index (χ2n) is 5.76. The highest BCUT2D eigenvalue weighted by Crippen LogP contribution is 2.25. The van der Waals surface area contributed by atoms with Crippen LogP contribution in [-0.4, -0.2) is 44.8 Å². The number of rotatable bonds is 3. The molecule has 1 aromatic rings. The largest absolute Gasteiger partial charge is 0.378 e. The van der Waals surface area contributed by atoms with Crippen LogP contribution < -0.4 is 15.5 Å². The van der Waals surface area contributed by atoms with Crippen LogP contribution in [0.4, 0.5) is 11.4 Å². The van der Waals surface area contributed by atoms with Crippen LogP contribution >= 0.6 is 0 Å². The van der Waals surface area contributed by atoms with E-state index >= 15 is 0 Å². The third-order valence-electron chi connectivity index (χ3n) is 4.18. The third-order valence-corrected chi connectivity index (χ3v) is 4.18. The van der Waals surface area contributed by atoms with E-state index in [1.807, 2.05) is 13.0 Å². The maximum absolute atomic E-state index is 12.2. The van der Waals surface area contributed by atoms with E-state index in [4.69, 9.17) is 4.74 Å². The molecule has 2 N–H and O–H groups in total. The van der Waals surface area contributed by atoms with Crippen molar-refractivity contribution in [3.8, 4) is 0 Å². The van der Waals surface area contributed by atoms with Gasteiger partial charge in [-0.2, -0.15) is 0 Å². The van der Waals surface area contributed by atoms with Gasteiger partial charge in [0, 0.05) is 31.0 Å². The smallest absolute Gasteiger partial charge is 0.243 e. The molecule has 1 aromatic carbocycles. The predicted molar refractivity (Wildman–Crippen MR) is 83.9 cm³/mol. The number of carbonyl (C=O) groups excluding carboxylic acids is 1. The predicted octanol–water partition coefficient (Wildman–Crippen LogP) is 1.52. The van der Waals surface area contributed by atoms with Gasteiger partial charge < -0.3 is 20.3 Å². The lowest BCUT2D eigenvalue weighted by molar-refractivity contribution is -0.120. The molecule has 1 amide bonds. The molecule has 5 heteroatoms. The van der Waals surface area contributed by atoms with Crippen LogP contribution in [0.15, 0.2) is 18.2 Å². The number of morpholine rings is 1. The van der Waals surface area contributed by atoms with Crippen molar-refractivity contribution in [1.29, 1.82) is 0 Å². The number of ether oxygens (including phenoxy) is 1. The lowest BCUT2D eigenvalue weighted by atomic mass is 10.1. The van der Waals surface area contributed by atoms with E-state index in [-0.39, 0.29) is 11.9 Å². The molecule has 2 fully saturated rings. The van der Waals surface area contributed by atoms with Gasteiger partial charge in [0.1, 0.15) is 6.04 Å². The van der Waals surface area contributed by atoms with E-state index in [2.05, 4.69) is 27.7 Å². The summed E-state index contributed by atoms with van der Waals surface area (Å²) in [6.07, 6.45) is 2.54. The Morgan fingerprint density at radius 1 is 1.38 bits per heavy atom. The highest BCUT2D eigenvalue weighted by molar-refractivity contribution is 5.95. The van der Waals surface area contributed by atoms with Crippen molar-refractivity contribution < 1.29 is 9.53 Å². The van der Waals surface area contributed by atoms with Gasteiger partial charge >= 0.3 is 0 Å². The lowest BCUT2D eigenvalue weighted by Crippen LogP contribution is -2.48. The first-order valence-electron chi connectivity index (χ1n) is 7.71. The molecule has 0 spiro atoms. The van der Waals surface area contributed by atoms with Crippen LogP contribution in [0.1, 0.15) is 18.4 Å². The molecule has 0 bridgehead atoms. The summed E-state index contributed by atoms with van der Waals surface area (Å²) >= 11 is 0. The number of hydrogen-bond acceptors (Lipinski definition) is 4. The van der Waals surface area contributed by atoms with Gasteiger partial charge in [-0.15, -0.1) is 0 Å². The topological polar surface area (TPSA) is 53.6 Å². The van der Waals surface area contributed by atoms with Crippen LogP contribution in [0.25, 0.3) is 0 Å². The van der Waals surface area contributed by atoms with E-state index in [1.54, 1.807) is 0 Å². The Morgan fingerprint density at radius 2 is 2.19 bits per heavy atom. The van der Waals surface area contributed by atoms with Crippen molar-refractivity contribution in [3.63, 3.8) is 0 Å². The van der Waals surface area contributed by atoms with Crippen LogP contribution in [0.5, 0.6) is 0 Å². The maximum Gasteiger partial charge on any atom is 0.243 e. The Morgan fingerprint density at radius 3 is 2.86 bits per heavy atom. The fourth-order valence-electron chi connectivity index (χ4n) is 2.91. The van der Waals surface area contributed by atoms with Crippen molar-refractivity contribution in [1.82, 2.24) is 5.32 Å². The minimum Gasteiger partial charge on any atom is -0.378 e. The number of amides is 1. The summed E-state index contributed by atoms with van der Waals surface area (Å²) in [5.41, 5.74) is 3.24. The summed E-state index contributed by atoms with van der Waals surface area (Å²) in [5, 5.41) is 6.17. The molecule has 2 saturated heterocycles. The molecule has 21 heavy (non-hydrogen) atoms. The highest BCUT2D eigenvalue weighted by Gasteiger charge is 2.21. The van der Waals surface area contributed by atoms with Crippen LogP contribution in [-0.2, 0) is 9.53 Å². The fourth-order valence-corrected chi connectivity index (χ4v) is 2.91. The molecule has 2 aliphatic heterocycles. The number of benzene rings is 1. The first-order valence-corrected chi connectivity index (χ1v) is 7.71. The van der Waals surface area contributed by atoms with Gasteiger partial charge in [0.25, 0.3) is 0 Å². The number of carbonyl (C=O) groups is 1. The molecule has 0 aromatic heterocycles. The van der Waals surface area contributed by atoms with Crippen molar-refractivity contribution in [3.05, 3.63) is 23.8 Å². The molecule has 5 nitrogen and oxygen atoms in total. The lowest BCUT2D eigenvalue weighted by Gasteiger charge is -2.24. The molecule has 114 valence electrons. The summed E-state index contributed by atoms with van der Waals surface area (Å²) in [5.74, 6) is -0.0216. The average Bonchev–Trinajstić information content (AvgIpc) is 3.04. The van der Waals surface area contributed by atoms with Crippen molar-refractivity contribution in [2.24, 2.45) is 0 Å². The summed E-state index contributed by atoms with van der Waals surface area (Å²) in [6.45, 7) is 6.15.